The van der Waals surface area contributed by atoms with Crippen molar-refractivity contribution in [3.63, 3.8) is 0 Å². The molecule has 2 N–H and O–H groups in total. The quantitative estimate of drug-likeness (QED) is 0.229. The van der Waals surface area contributed by atoms with Crippen LogP contribution in [0.4, 0.5) is 18.0 Å². The maximum Gasteiger partial charge on any atom is 0.426 e. The van der Waals surface area contributed by atoms with Crippen LogP contribution in [0.3, 0.4) is 0 Å². The summed E-state index contributed by atoms with van der Waals surface area (Å²) in [5.74, 6) is 0.635. The van der Waals surface area contributed by atoms with Gasteiger partial charge in [-0.05, 0) is 60.4 Å². The SMILES string of the molecule is CCc1nc2cc(C(F)(F)F)c(Cl)cc2n1-c1cccc(CCc2ccc(OC(=O)NS(=O)O)c(Cl)c2)c1. The van der Waals surface area contributed by atoms with Gasteiger partial charge in [-0.2, -0.15) is 13.2 Å². The maximum atomic E-state index is 13.3. The number of ether oxygens (including phenoxy) is 1. The predicted molar refractivity (Wildman–Crippen MR) is 139 cm³/mol. The summed E-state index contributed by atoms with van der Waals surface area (Å²) >= 11 is 9.63. The fourth-order valence-electron chi connectivity index (χ4n) is 4.00. The summed E-state index contributed by atoms with van der Waals surface area (Å²) in [6.07, 6.45) is -4.01. The number of benzene rings is 3. The lowest BCUT2D eigenvalue weighted by Gasteiger charge is -2.12. The van der Waals surface area contributed by atoms with Crippen molar-refractivity contribution in [3.8, 4) is 11.4 Å². The summed E-state index contributed by atoms with van der Waals surface area (Å²) in [5, 5.41) is -0.237. The van der Waals surface area contributed by atoms with Crippen LogP contribution >= 0.6 is 23.2 Å². The van der Waals surface area contributed by atoms with Gasteiger partial charge in [0.05, 0.1) is 26.6 Å². The van der Waals surface area contributed by atoms with E-state index in [1.807, 2.05) is 31.2 Å². The first-order chi connectivity index (χ1) is 18.0. The Labute approximate surface area is 227 Å². The number of imidazole rings is 1. The number of nitrogens with zero attached hydrogens (tertiary/aromatic N) is 2. The van der Waals surface area contributed by atoms with E-state index in [-0.39, 0.29) is 16.3 Å². The average molecular weight is 586 g/mol. The number of aryl methyl sites for hydroxylation is 3. The van der Waals surface area contributed by atoms with E-state index >= 15 is 0 Å². The Morgan fingerprint density at radius 1 is 1.08 bits per heavy atom. The third kappa shape index (κ3) is 6.29. The molecule has 4 rings (SSSR count). The topological polar surface area (TPSA) is 93.5 Å². The lowest BCUT2D eigenvalue weighted by atomic mass is 10.0. The molecule has 0 aliphatic heterocycles. The van der Waals surface area contributed by atoms with Crippen LogP contribution in [-0.2, 0) is 36.7 Å². The fraction of sp³-hybridized carbons (Fsp3) is 0.200. The van der Waals surface area contributed by atoms with Gasteiger partial charge in [0.25, 0.3) is 11.3 Å². The van der Waals surface area contributed by atoms with Crippen LogP contribution < -0.4 is 9.46 Å². The Bertz CT molecular complexity index is 1540. The molecule has 3 aromatic carbocycles. The van der Waals surface area contributed by atoms with Gasteiger partial charge >= 0.3 is 12.3 Å². The second kappa shape index (κ2) is 11.3. The minimum Gasteiger partial charge on any atom is -0.408 e. The van der Waals surface area contributed by atoms with Crippen molar-refractivity contribution in [3.05, 3.63) is 87.2 Å². The minimum absolute atomic E-state index is 0.0341. The summed E-state index contributed by atoms with van der Waals surface area (Å²) < 4.78 is 67.7. The molecular formula is C25H20Cl2F3N3O4S. The molecule has 7 nitrogen and oxygen atoms in total. The summed E-state index contributed by atoms with van der Waals surface area (Å²) in [5.41, 5.74) is 2.32. The van der Waals surface area contributed by atoms with Gasteiger partial charge < -0.3 is 4.74 Å². The number of hydrogen-bond acceptors (Lipinski definition) is 4. The summed E-state index contributed by atoms with van der Waals surface area (Å²) in [6, 6.07) is 14.7. The molecule has 1 unspecified atom stereocenters. The first-order valence-corrected chi connectivity index (χ1v) is 13.1. The molecule has 0 saturated heterocycles. The minimum atomic E-state index is -4.58. The van der Waals surface area contributed by atoms with Gasteiger partial charge in [-0.3, -0.25) is 9.12 Å². The number of aromatic nitrogens is 2. The standard InChI is InChI=1S/C25H20Cl2F3N3O4S/c1-2-23-31-20-12-17(25(28,29)30)18(26)13-21(20)33(23)16-5-3-4-14(10-16)6-7-15-8-9-22(19(27)11-15)37-24(34)32-38(35)36/h3-5,8-13H,2,6-7H2,1H3,(H,32,34)(H,35,36). The van der Waals surface area contributed by atoms with Gasteiger partial charge in [0.1, 0.15) is 5.82 Å². The van der Waals surface area contributed by atoms with E-state index in [1.165, 1.54) is 12.1 Å². The smallest absolute Gasteiger partial charge is 0.408 e. The number of carbonyl (C=O) groups is 1. The second-order valence-electron chi connectivity index (χ2n) is 8.21. The van der Waals surface area contributed by atoms with E-state index in [0.717, 1.165) is 22.9 Å². The zero-order chi connectivity index (χ0) is 27.6. The van der Waals surface area contributed by atoms with E-state index in [2.05, 4.69) is 4.98 Å². The molecule has 4 aromatic rings. The molecule has 1 heterocycles. The van der Waals surface area contributed by atoms with Crippen LogP contribution in [0, 0.1) is 0 Å². The molecule has 38 heavy (non-hydrogen) atoms. The first-order valence-electron chi connectivity index (χ1n) is 11.2. The largest absolute Gasteiger partial charge is 0.426 e. The van der Waals surface area contributed by atoms with E-state index in [0.29, 0.717) is 30.6 Å². The normalized spacial score (nSPS) is 12.5. The third-order valence-electron chi connectivity index (χ3n) is 5.68. The average Bonchev–Trinajstić information content (AvgIpc) is 3.20. The number of amides is 1. The molecule has 0 fully saturated rings. The maximum absolute atomic E-state index is 13.3. The highest BCUT2D eigenvalue weighted by molar-refractivity contribution is 7.77. The van der Waals surface area contributed by atoms with Gasteiger partial charge in [0.15, 0.2) is 5.75 Å². The van der Waals surface area contributed by atoms with Crippen LogP contribution in [0.25, 0.3) is 16.7 Å². The molecule has 1 atom stereocenters. The van der Waals surface area contributed by atoms with Crippen molar-refractivity contribution in [2.45, 2.75) is 32.4 Å². The Kier molecular flexibility index (Phi) is 8.31. The Balaban J connectivity index is 1.57. The number of carbonyl (C=O) groups excluding carboxylic acids is 1. The summed E-state index contributed by atoms with van der Waals surface area (Å²) in [4.78, 5) is 15.9. The molecule has 0 saturated carbocycles. The Morgan fingerprint density at radius 3 is 2.42 bits per heavy atom. The van der Waals surface area contributed by atoms with Gasteiger partial charge in [-0.1, -0.05) is 48.3 Å². The van der Waals surface area contributed by atoms with Crippen molar-refractivity contribution in [1.29, 1.82) is 0 Å². The number of hydrogen-bond donors (Lipinski definition) is 2. The van der Waals surface area contributed by atoms with Crippen molar-refractivity contribution in [1.82, 2.24) is 14.3 Å². The van der Waals surface area contributed by atoms with Gasteiger partial charge in [-0.25, -0.2) is 18.7 Å². The molecule has 0 aliphatic rings. The van der Waals surface area contributed by atoms with Crippen molar-refractivity contribution in [2.24, 2.45) is 0 Å². The highest BCUT2D eigenvalue weighted by Gasteiger charge is 2.34. The zero-order valence-electron chi connectivity index (χ0n) is 19.7. The third-order valence-corrected chi connectivity index (χ3v) is 6.62. The van der Waals surface area contributed by atoms with Crippen molar-refractivity contribution in [2.75, 3.05) is 0 Å². The van der Waals surface area contributed by atoms with Crippen LogP contribution in [0.5, 0.6) is 5.75 Å². The number of rotatable bonds is 7. The highest BCUT2D eigenvalue weighted by Crippen LogP contribution is 2.38. The Morgan fingerprint density at radius 2 is 1.79 bits per heavy atom. The van der Waals surface area contributed by atoms with Gasteiger partial charge in [0.2, 0.25) is 0 Å². The van der Waals surface area contributed by atoms with Crippen LogP contribution in [0.15, 0.2) is 54.6 Å². The molecule has 0 aliphatic carbocycles. The number of fused-ring (bicyclic) bond motifs is 1. The molecule has 0 radical (unpaired) electrons. The van der Waals surface area contributed by atoms with E-state index in [4.69, 9.17) is 32.5 Å². The molecule has 200 valence electrons. The van der Waals surface area contributed by atoms with E-state index in [9.17, 15) is 22.2 Å². The predicted octanol–water partition coefficient (Wildman–Crippen LogP) is 6.92. The monoisotopic (exact) mass is 585 g/mol. The van der Waals surface area contributed by atoms with E-state index in [1.54, 1.807) is 21.4 Å². The van der Waals surface area contributed by atoms with Crippen LogP contribution in [0.2, 0.25) is 10.0 Å². The lowest BCUT2D eigenvalue weighted by molar-refractivity contribution is -0.137. The second-order valence-corrected chi connectivity index (χ2v) is 9.73. The summed E-state index contributed by atoms with van der Waals surface area (Å²) in [6.45, 7) is 1.87. The Hall–Kier alpha value is -3.12. The van der Waals surface area contributed by atoms with E-state index < -0.39 is 34.1 Å². The van der Waals surface area contributed by atoms with Crippen LogP contribution in [0.1, 0.15) is 29.4 Å². The summed E-state index contributed by atoms with van der Waals surface area (Å²) in [7, 11) is 0. The molecule has 1 amide bonds. The molecule has 0 bridgehead atoms. The number of alkyl halides is 3. The van der Waals surface area contributed by atoms with Gasteiger partial charge in [-0.15, -0.1) is 0 Å². The fourth-order valence-corrected chi connectivity index (χ4v) is 4.70. The lowest BCUT2D eigenvalue weighted by Crippen LogP contribution is -2.28. The molecule has 1 aromatic heterocycles. The van der Waals surface area contributed by atoms with Crippen molar-refractivity contribution >= 4 is 51.6 Å². The molecule has 0 spiro atoms. The molecule has 13 heteroatoms. The van der Waals surface area contributed by atoms with Crippen LogP contribution in [-0.4, -0.2) is 24.4 Å². The number of nitrogens with one attached hydrogen (secondary N) is 1. The number of halogens is 5. The van der Waals surface area contributed by atoms with Crippen molar-refractivity contribution < 1.29 is 31.5 Å². The zero-order valence-corrected chi connectivity index (χ0v) is 22.0. The highest BCUT2D eigenvalue weighted by atomic mass is 35.5. The first kappa shape index (κ1) is 27.9. The molecular weight excluding hydrogens is 566 g/mol. The van der Waals surface area contributed by atoms with Gasteiger partial charge in [0, 0.05) is 12.1 Å².